The second kappa shape index (κ2) is 5.12. The fourth-order valence-corrected chi connectivity index (χ4v) is 3.87. The predicted molar refractivity (Wildman–Crippen MR) is 84.2 cm³/mol. The molecule has 8 nitrogen and oxygen atoms in total. The number of carbonyl (C=O) groups excluding carboxylic acids is 1. The molecule has 3 aliphatic rings. The van der Waals surface area contributed by atoms with Gasteiger partial charge in [-0.05, 0) is 37.5 Å². The lowest BCUT2D eigenvalue weighted by Crippen LogP contribution is -2.29. The summed E-state index contributed by atoms with van der Waals surface area (Å²) in [6, 6.07) is 0. The Morgan fingerprint density at radius 2 is 2.08 bits per heavy atom. The summed E-state index contributed by atoms with van der Waals surface area (Å²) in [5.74, 6) is 3.89. The molecule has 5 rings (SSSR count). The smallest absolute Gasteiger partial charge is 0.276 e. The topological polar surface area (TPSA) is 92.6 Å². The van der Waals surface area contributed by atoms with Crippen LogP contribution in [0.2, 0.25) is 0 Å². The summed E-state index contributed by atoms with van der Waals surface area (Å²) in [6.45, 7) is 1.47. The van der Waals surface area contributed by atoms with E-state index in [1.807, 2.05) is 4.90 Å². The lowest BCUT2D eigenvalue weighted by molar-refractivity contribution is 0.0778. The summed E-state index contributed by atoms with van der Waals surface area (Å²) in [5, 5.41) is 15.7. The largest absolute Gasteiger partial charge is 0.336 e. The number of hydrogen-bond acceptors (Lipinski definition) is 5. The minimum absolute atomic E-state index is 0.0295. The molecule has 3 fully saturated rings. The van der Waals surface area contributed by atoms with E-state index in [1.165, 1.54) is 30.5 Å². The molecule has 1 saturated heterocycles. The van der Waals surface area contributed by atoms with E-state index in [-0.39, 0.29) is 11.8 Å². The minimum Gasteiger partial charge on any atom is -0.336 e. The Bertz CT molecular complexity index is 773. The Morgan fingerprint density at radius 1 is 1.25 bits per heavy atom. The maximum Gasteiger partial charge on any atom is 0.276 e. The average Bonchev–Trinajstić information content (AvgIpc) is 3.47. The molecular weight excluding hydrogens is 306 g/mol. The summed E-state index contributed by atoms with van der Waals surface area (Å²) in [7, 11) is 1.73. The molecule has 0 bridgehead atoms. The first-order valence-electron chi connectivity index (χ1n) is 8.77. The van der Waals surface area contributed by atoms with Crippen molar-refractivity contribution < 1.29 is 4.79 Å². The predicted octanol–water partition coefficient (Wildman–Crippen LogP) is 1.08. The fourth-order valence-electron chi connectivity index (χ4n) is 3.87. The van der Waals surface area contributed by atoms with Gasteiger partial charge in [-0.25, -0.2) is 4.98 Å². The van der Waals surface area contributed by atoms with Crippen LogP contribution in [-0.2, 0) is 7.05 Å². The Kier molecular flexibility index (Phi) is 3.01. The number of hydrogen-bond donors (Lipinski definition) is 1. The van der Waals surface area contributed by atoms with Crippen LogP contribution in [-0.4, -0.2) is 54.1 Å². The summed E-state index contributed by atoms with van der Waals surface area (Å²) in [5.41, 5.74) is 0.420. The van der Waals surface area contributed by atoms with E-state index in [1.54, 1.807) is 13.2 Å². The van der Waals surface area contributed by atoms with Gasteiger partial charge in [0.25, 0.3) is 5.91 Å². The monoisotopic (exact) mass is 327 g/mol. The van der Waals surface area contributed by atoms with Gasteiger partial charge in [-0.1, -0.05) is 0 Å². The highest BCUT2D eigenvalue weighted by atomic mass is 16.2. The minimum atomic E-state index is -0.0295. The van der Waals surface area contributed by atoms with Crippen LogP contribution in [0.5, 0.6) is 0 Å². The van der Waals surface area contributed by atoms with Gasteiger partial charge >= 0.3 is 0 Å². The maximum absolute atomic E-state index is 12.7. The number of aromatic nitrogens is 6. The third kappa shape index (κ3) is 2.40. The molecule has 2 aromatic heterocycles. The Morgan fingerprint density at radius 3 is 2.75 bits per heavy atom. The van der Waals surface area contributed by atoms with Gasteiger partial charge in [0.05, 0.1) is 6.20 Å². The number of aromatic amines is 1. The number of likely N-dealkylation sites (tertiary alicyclic amines) is 1. The van der Waals surface area contributed by atoms with E-state index in [2.05, 4.69) is 20.4 Å². The summed E-state index contributed by atoms with van der Waals surface area (Å²) >= 11 is 0. The zero-order valence-corrected chi connectivity index (χ0v) is 13.7. The maximum atomic E-state index is 12.7. The van der Waals surface area contributed by atoms with E-state index in [0.29, 0.717) is 30.0 Å². The van der Waals surface area contributed by atoms with E-state index < -0.39 is 0 Å². The summed E-state index contributed by atoms with van der Waals surface area (Å²) < 4.78 is 0. The number of rotatable bonds is 4. The molecule has 2 atom stereocenters. The van der Waals surface area contributed by atoms with Gasteiger partial charge in [0, 0.05) is 32.0 Å². The first-order chi connectivity index (χ1) is 11.7. The number of H-pyrrole nitrogens is 1. The van der Waals surface area contributed by atoms with Crippen molar-refractivity contribution >= 4 is 5.91 Å². The van der Waals surface area contributed by atoms with Crippen LogP contribution in [0.1, 0.15) is 59.7 Å². The van der Waals surface area contributed by atoms with Gasteiger partial charge in [0.1, 0.15) is 5.82 Å². The van der Waals surface area contributed by atoms with Crippen LogP contribution < -0.4 is 0 Å². The SMILES string of the molecule is Cn1ncc(C(=O)N2C[C@H](c3nc(C4CC4)n[nH]3)[C@@H](C3CC3)C2)n1. The van der Waals surface area contributed by atoms with Gasteiger partial charge in [-0.3, -0.25) is 9.89 Å². The Labute approximate surface area is 139 Å². The highest BCUT2D eigenvalue weighted by Gasteiger charge is 2.46. The van der Waals surface area contributed by atoms with Crippen molar-refractivity contribution in [2.75, 3.05) is 13.1 Å². The number of nitrogens with one attached hydrogen (secondary N) is 1. The highest BCUT2D eigenvalue weighted by molar-refractivity contribution is 5.92. The Hall–Kier alpha value is -2.25. The molecular formula is C16H21N7O. The van der Waals surface area contributed by atoms with Crippen molar-refractivity contribution in [3.8, 4) is 0 Å². The molecule has 0 spiro atoms. The summed E-state index contributed by atoms with van der Waals surface area (Å²) in [6.07, 6.45) is 6.47. The van der Waals surface area contributed by atoms with Crippen molar-refractivity contribution in [1.82, 2.24) is 35.1 Å². The van der Waals surface area contributed by atoms with Crippen LogP contribution in [0.25, 0.3) is 0 Å². The Balaban J connectivity index is 1.38. The summed E-state index contributed by atoms with van der Waals surface area (Å²) in [4.78, 5) is 20.8. The number of aryl methyl sites for hydroxylation is 1. The fraction of sp³-hybridized carbons (Fsp3) is 0.688. The number of amides is 1. The first-order valence-corrected chi connectivity index (χ1v) is 8.77. The molecule has 1 N–H and O–H groups in total. The van der Waals surface area contributed by atoms with Crippen molar-refractivity contribution in [1.29, 1.82) is 0 Å². The molecule has 3 heterocycles. The van der Waals surface area contributed by atoms with Crippen LogP contribution in [0.3, 0.4) is 0 Å². The lowest BCUT2D eigenvalue weighted by Gasteiger charge is -2.14. The van der Waals surface area contributed by atoms with Gasteiger partial charge < -0.3 is 4.90 Å². The van der Waals surface area contributed by atoms with Crippen LogP contribution in [0, 0.1) is 11.8 Å². The van der Waals surface area contributed by atoms with Crippen LogP contribution in [0.4, 0.5) is 0 Å². The van der Waals surface area contributed by atoms with Crippen molar-refractivity contribution in [2.45, 2.75) is 37.5 Å². The van der Waals surface area contributed by atoms with E-state index in [9.17, 15) is 4.79 Å². The lowest BCUT2D eigenvalue weighted by atomic mass is 9.91. The highest BCUT2D eigenvalue weighted by Crippen LogP contribution is 2.47. The molecule has 2 aromatic rings. The number of carbonyl (C=O) groups is 1. The van der Waals surface area contributed by atoms with Crippen LogP contribution >= 0.6 is 0 Å². The second-order valence-electron chi connectivity index (χ2n) is 7.39. The molecule has 2 aliphatic carbocycles. The second-order valence-corrected chi connectivity index (χ2v) is 7.39. The third-order valence-corrected chi connectivity index (χ3v) is 5.51. The molecule has 1 aliphatic heterocycles. The van der Waals surface area contributed by atoms with Gasteiger partial charge in [-0.15, -0.1) is 5.10 Å². The molecule has 8 heteroatoms. The van der Waals surface area contributed by atoms with Gasteiger partial charge in [-0.2, -0.15) is 15.0 Å². The molecule has 2 saturated carbocycles. The molecule has 24 heavy (non-hydrogen) atoms. The van der Waals surface area contributed by atoms with E-state index in [0.717, 1.165) is 18.2 Å². The molecule has 126 valence electrons. The molecule has 0 aromatic carbocycles. The quantitative estimate of drug-likeness (QED) is 0.907. The third-order valence-electron chi connectivity index (χ3n) is 5.51. The molecule has 0 unspecified atom stereocenters. The van der Waals surface area contributed by atoms with Crippen molar-refractivity contribution in [2.24, 2.45) is 18.9 Å². The zero-order chi connectivity index (χ0) is 16.3. The van der Waals surface area contributed by atoms with Gasteiger partial charge in [0.2, 0.25) is 0 Å². The first kappa shape index (κ1) is 14.1. The van der Waals surface area contributed by atoms with E-state index >= 15 is 0 Å². The average molecular weight is 327 g/mol. The zero-order valence-electron chi connectivity index (χ0n) is 13.7. The van der Waals surface area contributed by atoms with Crippen molar-refractivity contribution in [3.63, 3.8) is 0 Å². The normalized spacial score (nSPS) is 27.0. The van der Waals surface area contributed by atoms with Crippen molar-refractivity contribution in [3.05, 3.63) is 23.5 Å². The number of nitrogens with zero attached hydrogens (tertiary/aromatic N) is 6. The van der Waals surface area contributed by atoms with Crippen LogP contribution in [0.15, 0.2) is 6.20 Å². The standard InChI is InChI=1S/C16H21N7O/c1-22-17-6-13(21-22)16(24)23-7-11(9-2-3-9)12(8-23)15-18-14(19-20-15)10-4-5-10/h6,9-12H,2-5,7-8H2,1H3,(H,18,19,20)/t11-,12+/m1/s1. The van der Waals surface area contributed by atoms with E-state index in [4.69, 9.17) is 4.98 Å². The molecule has 1 amide bonds. The molecule has 0 radical (unpaired) electrons. The van der Waals surface area contributed by atoms with Gasteiger partial charge in [0.15, 0.2) is 11.5 Å².